The van der Waals surface area contributed by atoms with Crippen molar-refractivity contribution in [2.45, 2.75) is 39.7 Å². The molecule has 0 aliphatic rings. The first-order valence-corrected chi connectivity index (χ1v) is 7.83. The van der Waals surface area contributed by atoms with E-state index in [1.165, 1.54) is 0 Å². The molecule has 0 radical (unpaired) electrons. The topological polar surface area (TPSA) is 34.4 Å². The lowest BCUT2D eigenvalue weighted by Crippen LogP contribution is -2.23. The molecule has 0 fully saturated rings. The van der Waals surface area contributed by atoms with Crippen LogP contribution in [0.5, 0.6) is 5.75 Å². The molecule has 0 spiro atoms. The van der Waals surface area contributed by atoms with Crippen LogP contribution in [0.4, 0.5) is 0 Å². The van der Waals surface area contributed by atoms with Crippen LogP contribution in [0.15, 0.2) is 40.8 Å². The SMILES string of the molecule is CCCNC(c1ccc(CC)o1)c1ccccc1OCC. The van der Waals surface area contributed by atoms with Crippen molar-refractivity contribution in [2.24, 2.45) is 0 Å². The van der Waals surface area contributed by atoms with Gasteiger partial charge in [0.25, 0.3) is 0 Å². The highest BCUT2D eigenvalue weighted by atomic mass is 16.5. The average molecular weight is 287 g/mol. The first-order chi connectivity index (χ1) is 10.3. The maximum absolute atomic E-state index is 5.96. The smallest absolute Gasteiger partial charge is 0.125 e. The van der Waals surface area contributed by atoms with Crippen LogP contribution in [0, 0.1) is 0 Å². The third-order valence-corrected chi connectivity index (χ3v) is 3.44. The van der Waals surface area contributed by atoms with E-state index in [1.54, 1.807) is 0 Å². The van der Waals surface area contributed by atoms with E-state index >= 15 is 0 Å². The zero-order valence-electron chi connectivity index (χ0n) is 13.2. The number of para-hydroxylation sites is 1. The van der Waals surface area contributed by atoms with Crippen LogP contribution in [-0.4, -0.2) is 13.2 Å². The van der Waals surface area contributed by atoms with Crippen LogP contribution in [0.1, 0.15) is 50.3 Å². The first kappa shape index (κ1) is 15.6. The Balaban J connectivity index is 2.35. The summed E-state index contributed by atoms with van der Waals surface area (Å²) in [7, 11) is 0. The molecule has 21 heavy (non-hydrogen) atoms. The van der Waals surface area contributed by atoms with Crippen molar-refractivity contribution in [2.75, 3.05) is 13.2 Å². The predicted octanol–water partition coefficient (Wildman–Crippen LogP) is 4.33. The molecule has 0 amide bonds. The monoisotopic (exact) mass is 287 g/mol. The maximum atomic E-state index is 5.96. The van der Waals surface area contributed by atoms with Crippen LogP contribution in [0.3, 0.4) is 0 Å². The highest BCUT2D eigenvalue weighted by molar-refractivity contribution is 5.39. The Hall–Kier alpha value is -1.74. The second-order valence-electron chi connectivity index (χ2n) is 5.02. The van der Waals surface area contributed by atoms with E-state index in [-0.39, 0.29) is 6.04 Å². The number of furan rings is 1. The lowest BCUT2D eigenvalue weighted by atomic mass is 10.0. The molecule has 3 heteroatoms. The molecule has 1 unspecified atom stereocenters. The van der Waals surface area contributed by atoms with Crippen LogP contribution in [0.2, 0.25) is 0 Å². The van der Waals surface area contributed by atoms with Crippen molar-refractivity contribution in [3.05, 3.63) is 53.5 Å². The molecule has 0 bridgehead atoms. The lowest BCUT2D eigenvalue weighted by Gasteiger charge is -2.20. The number of rotatable bonds is 8. The average Bonchev–Trinajstić information content (AvgIpc) is 2.98. The third kappa shape index (κ3) is 3.88. The van der Waals surface area contributed by atoms with E-state index < -0.39 is 0 Å². The molecule has 1 N–H and O–H groups in total. The van der Waals surface area contributed by atoms with Gasteiger partial charge in [-0.2, -0.15) is 0 Å². The largest absolute Gasteiger partial charge is 0.494 e. The van der Waals surface area contributed by atoms with Gasteiger partial charge < -0.3 is 14.5 Å². The highest BCUT2D eigenvalue weighted by Crippen LogP contribution is 2.31. The molecule has 0 saturated heterocycles. The summed E-state index contributed by atoms with van der Waals surface area (Å²) in [6, 6.07) is 12.3. The number of aryl methyl sites for hydroxylation is 1. The Labute approximate surface area is 127 Å². The lowest BCUT2D eigenvalue weighted by molar-refractivity contribution is 0.329. The molecule has 1 heterocycles. The summed E-state index contributed by atoms with van der Waals surface area (Å²) in [6.07, 6.45) is 1.99. The Morgan fingerprint density at radius 1 is 1.10 bits per heavy atom. The quantitative estimate of drug-likeness (QED) is 0.784. The summed E-state index contributed by atoms with van der Waals surface area (Å²) in [5.74, 6) is 2.89. The second kappa shape index (κ2) is 7.89. The Bertz CT molecular complexity index is 548. The first-order valence-electron chi connectivity index (χ1n) is 7.83. The normalized spacial score (nSPS) is 12.3. The van der Waals surface area contributed by atoms with E-state index in [0.717, 1.165) is 42.2 Å². The van der Waals surface area contributed by atoms with E-state index in [4.69, 9.17) is 9.15 Å². The van der Waals surface area contributed by atoms with Crippen molar-refractivity contribution >= 4 is 0 Å². The summed E-state index contributed by atoms with van der Waals surface area (Å²) in [4.78, 5) is 0. The van der Waals surface area contributed by atoms with Gasteiger partial charge in [-0.3, -0.25) is 0 Å². The fraction of sp³-hybridized carbons (Fsp3) is 0.444. The van der Waals surface area contributed by atoms with Gasteiger partial charge in [0.2, 0.25) is 0 Å². The fourth-order valence-electron chi connectivity index (χ4n) is 2.40. The third-order valence-electron chi connectivity index (χ3n) is 3.44. The van der Waals surface area contributed by atoms with E-state index in [0.29, 0.717) is 6.61 Å². The van der Waals surface area contributed by atoms with Crippen LogP contribution in [0.25, 0.3) is 0 Å². The van der Waals surface area contributed by atoms with Crippen LogP contribution >= 0.6 is 0 Å². The number of benzene rings is 1. The van der Waals surface area contributed by atoms with E-state index in [1.807, 2.05) is 25.1 Å². The molecule has 1 atom stereocenters. The fourth-order valence-corrected chi connectivity index (χ4v) is 2.40. The van der Waals surface area contributed by atoms with Gasteiger partial charge in [-0.1, -0.05) is 32.0 Å². The molecule has 2 rings (SSSR count). The highest BCUT2D eigenvalue weighted by Gasteiger charge is 2.20. The molecular formula is C18H25NO2. The second-order valence-corrected chi connectivity index (χ2v) is 5.02. The summed E-state index contributed by atoms with van der Waals surface area (Å²) < 4.78 is 11.7. The van der Waals surface area contributed by atoms with Crippen LogP contribution < -0.4 is 10.1 Å². The van der Waals surface area contributed by atoms with Crippen molar-refractivity contribution in [3.63, 3.8) is 0 Å². The molecule has 1 aromatic carbocycles. The van der Waals surface area contributed by atoms with Crippen molar-refractivity contribution in [1.29, 1.82) is 0 Å². The summed E-state index contributed by atoms with van der Waals surface area (Å²) in [6.45, 7) is 7.87. The van der Waals surface area contributed by atoms with E-state index in [9.17, 15) is 0 Å². The van der Waals surface area contributed by atoms with Gasteiger partial charge in [0.05, 0.1) is 12.6 Å². The number of ether oxygens (including phenoxy) is 1. The number of hydrogen-bond donors (Lipinski definition) is 1. The Morgan fingerprint density at radius 2 is 1.90 bits per heavy atom. The minimum absolute atomic E-state index is 0.0352. The molecule has 3 nitrogen and oxygen atoms in total. The molecular weight excluding hydrogens is 262 g/mol. The van der Waals surface area contributed by atoms with Crippen LogP contribution in [-0.2, 0) is 6.42 Å². The van der Waals surface area contributed by atoms with Gasteiger partial charge in [-0.25, -0.2) is 0 Å². The maximum Gasteiger partial charge on any atom is 0.125 e. The standard InChI is InChI=1S/C18H25NO2/c1-4-13-19-18(17-12-11-14(5-2)21-17)15-9-7-8-10-16(15)20-6-3/h7-12,18-19H,4-6,13H2,1-3H3. The molecule has 114 valence electrons. The van der Waals surface area contributed by atoms with Gasteiger partial charge in [0, 0.05) is 12.0 Å². The number of nitrogens with one attached hydrogen (secondary N) is 1. The Morgan fingerprint density at radius 3 is 2.57 bits per heavy atom. The number of hydrogen-bond acceptors (Lipinski definition) is 3. The van der Waals surface area contributed by atoms with Gasteiger partial charge in [-0.05, 0) is 38.1 Å². The summed E-state index contributed by atoms with van der Waals surface area (Å²) in [5.41, 5.74) is 1.13. The van der Waals surface area contributed by atoms with Crippen molar-refractivity contribution in [3.8, 4) is 5.75 Å². The summed E-state index contributed by atoms with van der Waals surface area (Å²) >= 11 is 0. The minimum atomic E-state index is 0.0352. The molecule has 1 aromatic heterocycles. The van der Waals surface area contributed by atoms with E-state index in [2.05, 4.69) is 37.4 Å². The zero-order valence-corrected chi connectivity index (χ0v) is 13.2. The van der Waals surface area contributed by atoms with Crippen molar-refractivity contribution in [1.82, 2.24) is 5.32 Å². The predicted molar refractivity (Wildman–Crippen MR) is 85.8 cm³/mol. The zero-order chi connectivity index (χ0) is 15.1. The van der Waals surface area contributed by atoms with Gasteiger partial charge in [0.1, 0.15) is 17.3 Å². The molecule has 2 aromatic rings. The minimum Gasteiger partial charge on any atom is -0.494 e. The molecule has 0 aliphatic heterocycles. The summed E-state index contributed by atoms with van der Waals surface area (Å²) in [5, 5.41) is 3.56. The molecule has 0 aliphatic carbocycles. The van der Waals surface area contributed by atoms with Gasteiger partial charge in [0.15, 0.2) is 0 Å². The van der Waals surface area contributed by atoms with Crippen molar-refractivity contribution < 1.29 is 9.15 Å². The molecule has 0 saturated carbocycles. The van der Waals surface area contributed by atoms with Gasteiger partial charge in [-0.15, -0.1) is 0 Å². The Kier molecular flexibility index (Phi) is 5.88. The van der Waals surface area contributed by atoms with Gasteiger partial charge >= 0.3 is 0 Å².